The van der Waals surface area contributed by atoms with Crippen molar-refractivity contribution in [3.8, 4) is 0 Å². The molecule has 0 spiro atoms. The number of Topliss-reactive ketones (excluding diaryl/α,β-unsaturated/α-hetero) is 1. The van der Waals surface area contributed by atoms with Gasteiger partial charge in [0.15, 0.2) is 0 Å². The van der Waals surface area contributed by atoms with Crippen LogP contribution in [0.4, 0.5) is 0 Å². The summed E-state index contributed by atoms with van der Waals surface area (Å²) >= 11 is 0. The molecular weight excluding hydrogens is 268 g/mol. The number of hydrogen-bond donors (Lipinski definition) is 0. The Labute approximate surface area is 137 Å². The molecule has 3 aliphatic rings. The molecule has 3 rings (SSSR count). The summed E-state index contributed by atoms with van der Waals surface area (Å²) < 4.78 is 0. The van der Waals surface area contributed by atoms with Crippen LogP contribution in [-0.2, 0) is 4.79 Å². The number of carbonyl (C=O) groups is 1. The lowest BCUT2D eigenvalue weighted by molar-refractivity contribution is -0.143. The van der Waals surface area contributed by atoms with E-state index in [0.29, 0.717) is 28.4 Å². The van der Waals surface area contributed by atoms with Gasteiger partial charge in [-0.05, 0) is 55.3 Å². The summed E-state index contributed by atoms with van der Waals surface area (Å²) in [7, 11) is 0. The van der Waals surface area contributed by atoms with Gasteiger partial charge in [-0.3, -0.25) is 4.79 Å². The van der Waals surface area contributed by atoms with Crippen LogP contribution in [0, 0.1) is 28.6 Å². The zero-order valence-electron chi connectivity index (χ0n) is 15.1. The third-order valence-corrected chi connectivity index (χ3v) is 7.64. The summed E-state index contributed by atoms with van der Waals surface area (Å²) in [6, 6.07) is 0. The molecule has 0 aromatic rings. The van der Waals surface area contributed by atoms with Gasteiger partial charge in [0.2, 0.25) is 0 Å². The van der Waals surface area contributed by atoms with Crippen LogP contribution >= 0.6 is 0 Å². The molecule has 22 heavy (non-hydrogen) atoms. The second kappa shape index (κ2) is 6.29. The maximum atomic E-state index is 13.5. The van der Waals surface area contributed by atoms with E-state index < -0.39 is 0 Å². The Morgan fingerprint density at radius 1 is 0.727 bits per heavy atom. The molecule has 3 saturated carbocycles. The molecule has 0 aliphatic heterocycles. The molecule has 1 heteroatoms. The van der Waals surface area contributed by atoms with E-state index in [0.717, 1.165) is 5.92 Å². The predicted octanol–water partition coefficient (Wildman–Crippen LogP) is 6.16. The molecule has 2 atom stereocenters. The van der Waals surface area contributed by atoms with Gasteiger partial charge in [0, 0.05) is 11.8 Å². The van der Waals surface area contributed by atoms with Crippen LogP contribution in [-0.4, -0.2) is 5.78 Å². The van der Waals surface area contributed by atoms with Gasteiger partial charge in [0.25, 0.3) is 0 Å². The third kappa shape index (κ3) is 3.02. The quantitative estimate of drug-likeness (QED) is 0.597. The van der Waals surface area contributed by atoms with Crippen LogP contribution in [0.3, 0.4) is 0 Å². The van der Waals surface area contributed by atoms with E-state index in [4.69, 9.17) is 0 Å². The number of ketones is 1. The SMILES string of the molecule is CC1CC(C2(C)CCCCC2)C(=O)C(C2(C)CCCCC2)C1. The van der Waals surface area contributed by atoms with Gasteiger partial charge in [-0.25, -0.2) is 0 Å². The van der Waals surface area contributed by atoms with Gasteiger partial charge < -0.3 is 0 Å². The fourth-order valence-electron chi connectivity index (χ4n) is 6.05. The lowest BCUT2D eigenvalue weighted by Crippen LogP contribution is -2.48. The van der Waals surface area contributed by atoms with Crippen molar-refractivity contribution in [3.63, 3.8) is 0 Å². The Balaban J connectivity index is 1.82. The molecular formula is C21H36O. The Hall–Kier alpha value is -0.330. The molecule has 0 aromatic heterocycles. The highest BCUT2D eigenvalue weighted by Gasteiger charge is 2.50. The number of carbonyl (C=O) groups excluding carboxylic acids is 1. The standard InChI is InChI=1S/C21H36O/c1-16-14-17(20(2)10-6-4-7-11-20)19(22)18(15-16)21(3)12-8-5-9-13-21/h16-18H,4-15H2,1-3H3. The summed E-state index contributed by atoms with van der Waals surface area (Å²) in [5.74, 6) is 2.14. The molecule has 0 N–H and O–H groups in total. The molecule has 0 bridgehead atoms. The van der Waals surface area contributed by atoms with Crippen molar-refractivity contribution in [2.75, 3.05) is 0 Å². The molecule has 126 valence electrons. The van der Waals surface area contributed by atoms with E-state index in [9.17, 15) is 4.79 Å². The van der Waals surface area contributed by atoms with E-state index in [1.54, 1.807) is 0 Å². The van der Waals surface area contributed by atoms with Crippen LogP contribution in [0.25, 0.3) is 0 Å². The molecule has 2 unspecified atom stereocenters. The minimum atomic E-state index is 0.313. The van der Waals surface area contributed by atoms with Crippen LogP contribution in [0.2, 0.25) is 0 Å². The van der Waals surface area contributed by atoms with Gasteiger partial charge in [0.05, 0.1) is 0 Å². The van der Waals surface area contributed by atoms with E-state index in [1.807, 2.05) is 0 Å². The van der Waals surface area contributed by atoms with Gasteiger partial charge in [-0.2, -0.15) is 0 Å². The van der Waals surface area contributed by atoms with Crippen molar-refractivity contribution in [2.24, 2.45) is 28.6 Å². The van der Waals surface area contributed by atoms with Crippen molar-refractivity contribution in [2.45, 2.75) is 97.8 Å². The molecule has 0 saturated heterocycles. The smallest absolute Gasteiger partial charge is 0.140 e. The van der Waals surface area contributed by atoms with Crippen molar-refractivity contribution in [1.82, 2.24) is 0 Å². The number of hydrogen-bond acceptors (Lipinski definition) is 1. The van der Waals surface area contributed by atoms with E-state index in [2.05, 4.69) is 20.8 Å². The average molecular weight is 305 g/mol. The van der Waals surface area contributed by atoms with E-state index in [1.165, 1.54) is 77.0 Å². The molecule has 0 heterocycles. The summed E-state index contributed by atoms with van der Waals surface area (Å²) in [6.45, 7) is 7.28. The summed E-state index contributed by atoms with van der Waals surface area (Å²) in [6.07, 6.45) is 15.6. The first-order chi connectivity index (χ1) is 10.4. The van der Waals surface area contributed by atoms with Crippen LogP contribution in [0.5, 0.6) is 0 Å². The third-order valence-electron chi connectivity index (χ3n) is 7.64. The topological polar surface area (TPSA) is 17.1 Å². The highest BCUT2D eigenvalue weighted by molar-refractivity contribution is 5.85. The first kappa shape index (κ1) is 16.5. The monoisotopic (exact) mass is 304 g/mol. The molecule has 3 aliphatic carbocycles. The predicted molar refractivity (Wildman–Crippen MR) is 92.8 cm³/mol. The summed E-state index contributed by atoms with van der Waals surface area (Å²) in [4.78, 5) is 13.5. The Bertz CT molecular complexity index is 362. The zero-order valence-corrected chi connectivity index (χ0v) is 15.1. The van der Waals surface area contributed by atoms with Gasteiger partial charge in [-0.1, -0.05) is 59.3 Å². The highest BCUT2D eigenvalue weighted by Crippen LogP contribution is 2.54. The van der Waals surface area contributed by atoms with Crippen LogP contribution in [0.15, 0.2) is 0 Å². The average Bonchev–Trinajstić information content (AvgIpc) is 2.50. The lowest BCUT2D eigenvalue weighted by Gasteiger charge is -2.50. The van der Waals surface area contributed by atoms with Crippen molar-refractivity contribution in [3.05, 3.63) is 0 Å². The zero-order chi connectivity index (χ0) is 15.8. The van der Waals surface area contributed by atoms with Gasteiger partial charge in [0.1, 0.15) is 5.78 Å². The van der Waals surface area contributed by atoms with Crippen molar-refractivity contribution < 1.29 is 4.79 Å². The molecule has 1 nitrogen and oxygen atoms in total. The van der Waals surface area contributed by atoms with E-state index in [-0.39, 0.29) is 0 Å². The maximum absolute atomic E-state index is 13.5. The Kier molecular flexibility index (Phi) is 4.72. The largest absolute Gasteiger partial charge is 0.299 e. The minimum absolute atomic E-state index is 0.313. The fraction of sp³-hybridized carbons (Fsp3) is 0.952. The van der Waals surface area contributed by atoms with Gasteiger partial charge in [-0.15, -0.1) is 0 Å². The molecule has 3 fully saturated rings. The summed E-state index contributed by atoms with van der Waals surface area (Å²) in [5, 5.41) is 0. The Morgan fingerprint density at radius 3 is 1.45 bits per heavy atom. The second-order valence-corrected chi connectivity index (χ2v) is 9.51. The summed E-state index contributed by atoms with van der Waals surface area (Å²) in [5.41, 5.74) is 0.626. The molecule has 0 amide bonds. The Morgan fingerprint density at radius 2 is 1.09 bits per heavy atom. The maximum Gasteiger partial charge on any atom is 0.140 e. The first-order valence-corrected chi connectivity index (χ1v) is 9.98. The van der Waals surface area contributed by atoms with E-state index >= 15 is 0 Å². The van der Waals surface area contributed by atoms with Crippen molar-refractivity contribution in [1.29, 1.82) is 0 Å². The first-order valence-electron chi connectivity index (χ1n) is 9.98. The minimum Gasteiger partial charge on any atom is -0.299 e. The lowest BCUT2D eigenvalue weighted by atomic mass is 9.53. The van der Waals surface area contributed by atoms with Crippen LogP contribution in [0.1, 0.15) is 97.8 Å². The molecule has 0 radical (unpaired) electrons. The van der Waals surface area contributed by atoms with Gasteiger partial charge >= 0.3 is 0 Å². The fourth-order valence-corrected chi connectivity index (χ4v) is 6.05. The molecule has 0 aromatic carbocycles. The van der Waals surface area contributed by atoms with Crippen LogP contribution < -0.4 is 0 Å². The number of rotatable bonds is 2. The van der Waals surface area contributed by atoms with Crippen molar-refractivity contribution >= 4 is 5.78 Å². The highest BCUT2D eigenvalue weighted by atomic mass is 16.1. The second-order valence-electron chi connectivity index (χ2n) is 9.51. The normalized spacial score (nSPS) is 38.7.